The SMILES string of the molecule is CCOC(=O)C1(C(=O)OCC)[C@H](c2cccc(Cl)c2)C1(C#N)C#N. The Morgan fingerprint density at radius 3 is 2.12 bits per heavy atom. The first kappa shape index (κ1) is 17.8. The van der Waals surface area contributed by atoms with Crippen molar-refractivity contribution in [3.8, 4) is 12.1 Å². The first-order valence-corrected chi connectivity index (χ1v) is 7.76. The van der Waals surface area contributed by atoms with E-state index in [1.165, 1.54) is 6.07 Å². The summed E-state index contributed by atoms with van der Waals surface area (Å²) in [5, 5.41) is 19.6. The van der Waals surface area contributed by atoms with Gasteiger partial charge in [0.2, 0.25) is 5.41 Å². The number of esters is 2. The summed E-state index contributed by atoms with van der Waals surface area (Å²) in [5.74, 6) is -2.87. The minimum absolute atomic E-state index is 0.00912. The fourth-order valence-corrected chi connectivity index (χ4v) is 3.32. The predicted molar refractivity (Wildman–Crippen MR) is 83.6 cm³/mol. The van der Waals surface area contributed by atoms with Crippen LogP contribution in [0, 0.1) is 33.5 Å². The van der Waals surface area contributed by atoms with E-state index < -0.39 is 28.7 Å². The van der Waals surface area contributed by atoms with Crippen LogP contribution in [0.1, 0.15) is 25.3 Å². The highest BCUT2D eigenvalue weighted by atomic mass is 35.5. The molecule has 1 aliphatic carbocycles. The third-order valence-electron chi connectivity index (χ3n) is 4.13. The minimum Gasteiger partial charge on any atom is -0.465 e. The van der Waals surface area contributed by atoms with Gasteiger partial charge in [-0.25, -0.2) is 0 Å². The van der Waals surface area contributed by atoms with Crippen molar-refractivity contribution in [3.05, 3.63) is 34.9 Å². The molecule has 0 radical (unpaired) electrons. The van der Waals surface area contributed by atoms with Crippen LogP contribution in [-0.4, -0.2) is 25.2 Å². The van der Waals surface area contributed by atoms with Crippen molar-refractivity contribution >= 4 is 23.5 Å². The Labute approximate surface area is 144 Å². The molecule has 6 nitrogen and oxygen atoms in total. The van der Waals surface area contributed by atoms with Crippen molar-refractivity contribution in [3.63, 3.8) is 0 Å². The maximum absolute atomic E-state index is 12.6. The quantitative estimate of drug-likeness (QED) is 0.600. The summed E-state index contributed by atoms with van der Waals surface area (Å²) >= 11 is 5.97. The van der Waals surface area contributed by atoms with Gasteiger partial charge in [0.15, 0.2) is 5.41 Å². The molecular formula is C17H15ClN2O4. The van der Waals surface area contributed by atoms with E-state index in [0.29, 0.717) is 10.6 Å². The van der Waals surface area contributed by atoms with Crippen LogP contribution < -0.4 is 0 Å². The van der Waals surface area contributed by atoms with E-state index in [1.807, 2.05) is 12.1 Å². The molecule has 7 heteroatoms. The number of halogens is 1. The van der Waals surface area contributed by atoms with Crippen LogP contribution in [-0.2, 0) is 19.1 Å². The molecule has 0 aromatic heterocycles. The normalized spacial score (nSPS) is 19.5. The van der Waals surface area contributed by atoms with E-state index in [0.717, 1.165) is 0 Å². The predicted octanol–water partition coefficient (Wildman–Crippen LogP) is 2.58. The van der Waals surface area contributed by atoms with Crippen molar-refractivity contribution in [1.29, 1.82) is 10.5 Å². The Balaban J connectivity index is 2.67. The summed E-state index contributed by atoms with van der Waals surface area (Å²) in [6.45, 7) is 3.17. The monoisotopic (exact) mass is 346 g/mol. The molecule has 1 fully saturated rings. The van der Waals surface area contributed by atoms with Gasteiger partial charge < -0.3 is 9.47 Å². The molecule has 124 valence electrons. The van der Waals surface area contributed by atoms with Crippen LogP contribution in [0.25, 0.3) is 0 Å². The Kier molecular flexibility index (Phi) is 4.82. The topological polar surface area (TPSA) is 100 Å². The van der Waals surface area contributed by atoms with E-state index >= 15 is 0 Å². The van der Waals surface area contributed by atoms with Crippen LogP contribution >= 0.6 is 11.6 Å². The van der Waals surface area contributed by atoms with Crippen LogP contribution in [0.2, 0.25) is 5.02 Å². The van der Waals surface area contributed by atoms with E-state index in [4.69, 9.17) is 21.1 Å². The van der Waals surface area contributed by atoms with Crippen molar-refractivity contribution in [2.45, 2.75) is 19.8 Å². The number of rotatable bonds is 5. The molecular weight excluding hydrogens is 332 g/mol. The lowest BCUT2D eigenvalue weighted by Gasteiger charge is -2.15. The number of hydrogen-bond acceptors (Lipinski definition) is 6. The van der Waals surface area contributed by atoms with E-state index in [9.17, 15) is 20.1 Å². The molecule has 1 aliphatic rings. The van der Waals surface area contributed by atoms with Crippen molar-refractivity contribution < 1.29 is 19.1 Å². The van der Waals surface area contributed by atoms with Gasteiger partial charge >= 0.3 is 11.9 Å². The second-order valence-electron chi connectivity index (χ2n) is 5.27. The standard InChI is InChI=1S/C17H15ClN2O4/c1-3-23-14(21)17(15(22)24-4-2)13(16(17,9-19)10-20)11-6-5-7-12(18)8-11/h5-8,13H,3-4H2,1-2H3/t13-/m1/s1. The van der Waals surface area contributed by atoms with Crippen LogP contribution in [0.4, 0.5) is 0 Å². The van der Waals surface area contributed by atoms with Crippen molar-refractivity contribution in [1.82, 2.24) is 0 Å². The molecule has 1 aromatic rings. The molecule has 24 heavy (non-hydrogen) atoms. The van der Waals surface area contributed by atoms with Crippen molar-refractivity contribution in [2.24, 2.45) is 10.8 Å². The van der Waals surface area contributed by atoms with Gasteiger partial charge in [-0.1, -0.05) is 23.7 Å². The lowest BCUT2D eigenvalue weighted by molar-refractivity contribution is -0.165. The summed E-state index contributed by atoms with van der Waals surface area (Å²) in [4.78, 5) is 25.2. The highest BCUT2D eigenvalue weighted by Gasteiger charge is 2.89. The molecule has 1 atom stereocenters. The number of nitriles is 2. The average molecular weight is 347 g/mol. The van der Waals surface area contributed by atoms with Gasteiger partial charge in [-0.15, -0.1) is 0 Å². The lowest BCUT2D eigenvalue weighted by Crippen LogP contribution is -2.35. The van der Waals surface area contributed by atoms with E-state index in [1.54, 1.807) is 32.0 Å². The molecule has 0 spiro atoms. The summed E-state index contributed by atoms with van der Waals surface area (Å²) < 4.78 is 10.0. The molecule has 0 amide bonds. The molecule has 0 bridgehead atoms. The number of carbonyl (C=O) groups is 2. The fraction of sp³-hybridized carbons (Fsp3) is 0.412. The Hall–Kier alpha value is -2.57. The summed E-state index contributed by atoms with van der Waals surface area (Å²) in [5.41, 5.74) is -3.46. The van der Waals surface area contributed by atoms with Crippen LogP contribution in [0.3, 0.4) is 0 Å². The molecule has 1 aromatic carbocycles. The van der Waals surface area contributed by atoms with Crippen molar-refractivity contribution in [2.75, 3.05) is 13.2 Å². The summed E-state index contributed by atoms with van der Waals surface area (Å²) in [7, 11) is 0. The third-order valence-corrected chi connectivity index (χ3v) is 4.37. The van der Waals surface area contributed by atoms with Gasteiger partial charge in [0, 0.05) is 10.9 Å². The average Bonchev–Trinajstić information content (AvgIpc) is 3.20. The van der Waals surface area contributed by atoms with Gasteiger partial charge in [0.1, 0.15) is 0 Å². The molecule has 1 saturated carbocycles. The maximum Gasteiger partial charge on any atom is 0.327 e. The third kappa shape index (κ3) is 2.23. The van der Waals surface area contributed by atoms with Gasteiger partial charge in [-0.2, -0.15) is 10.5 Å². The number of benzene rings is 1. The maximum atomic E-state index is 12.6. The van der Waals surface area contributed by atoms with E-state index in [-0.39, 0.29) is 13.2 Å². The Morgan fingerprint density at radius 1 is 1.17 bits per heavy atom. The number of nitrogens with zero attached hydrogens (tertiary/aromatic N) is 2. The van der Waals surface area contributed by atoms with Crippen LogP contribution in [0.5, 0.6) is 0 Å². The molecule has 0 heterocycles. The zero-order chi connectivity index (χ0) is 18.0. The summed E-state index contributed by atoms with van der Waals surface area (Å²) in [6.07, 6.45) is 0. The smallest absolute Gasteiger partial charge is 0.327 e. The van der Waals surface area contributed by atoms with E-state index in [2.05, 4.69) is 0 Å². The minimum atomic E-state index is -2.01. The zero-order valence-electron chi connectivity index (χ0n) is 13.2. The Morgan fingerprint density at radius 2 is 1.71 bits per heavy atom. The number of carbonyl (C=O) groups excluding carboxylic acids is 2. The zero-order valence-corrected chi connectivity index (χ0v) is 14.0. The highest BCUT2D eigenvalue weighted by Crippen LogP contribution is 2.75. The Bertz CT molecular complexity index is 731. The van der Waals surface area contributed by atoms with Gasteiger partial charge in [0.05, 0.1) is 25.4 Å². The van der Waals surface area contributed by atoms with Crippen LogP contribution in [0.15, 0.2) is 24.3 Å². The highest BCUT2D eigenvalue weighted by molar-refractivity contribution is 6.30. The van der Waals surface area contributed by atoms with Gasteiger partial charge in [0.25, 0.3) is 0 Å². The second-order valence-corrected chi connectivity index (χ2v) is 5.71. The molecule has 0 unspecified atom stereocenters. The number of hydrogen-bond donors (Lipinski definition) is 0. The summed E-state index contributed by atoms with van der Waals surface area (Å²) in [6, 6.07) is 10.0. The molecule has 2 rings (SSSR count). The first-order chi connectivity index (χ1) is 11.5. The molecule has 0 saturated heterocycles. The fourth-order valence-electron chi connectivity index (χ4n) is 3.12. The second kappa shape index (κ2) is 6.51. The molecule has 0 aliphatic heterocycles. The largest absolute Gasteiger partial charge is 0.465 e. The van der Waals surface area contributed by atoms with Gasteiger partial charge in [-0.05, 0) is 31.5 Å². The molecule has 0 N–H and O–H groups in total. The van der Waals surface area contributed by atoms with Gasteiger partial charge in [-0.3, -0.25) is 9.59 Å². The first-order valence-electron chi connectivity index (χ1n) is 7.38. The lowest BCUT2D eigenvalue weighted by atomic mass is 9.95. The number of ether oxygens (including phenoxy) is 2.